The molecule has 0 spiro atoms. The molecule has 1 saturated heterocycles. The second-order valence-corrected chi connectivity index (χ2v) is 4.52. The van der Waals surface area contributed by atoms with Crippen LogP contribution in [-0.4, -0.2) is 28.8 Å². The molecule has 1 fully saturated rings. The predicted molar refractivity (Wildman–Crippen MR) is 66.5 cm³/mol. The number of ketones is 1. The summed E-state index contributed by atoms with van der Waals surface area (Å²) in [6.07, 6.45) is 4.54. The average molecular weight is 249 g/mol. The van der Waals surface area contributed by atoms with E-state index in [2.05, 4.69) is 4.98 Å². The third-order valence-corrected chi connectivity index (χ3v) is 3.31. The Kier molecular flexibility index (Phi) is 3.55. The third kappa shape index (κ3) is 2.47. The molecule has 18 heavy (non-hydrogen) atoms. The first-order chi connectivity index (χ1) is 8.59. The number of carbonyl (C=O) groups excluding carboxylic acids is 1. The van der Waals surface area contributed by atoms with Crippen LogP contribution in [0.5, 0.6) is 0 Å². The van der Waals surface area contributed by atoms with Gasteiger partial charge in [0.15, 0.2) is 0 Å². The first-order valence-corrected chi connectivity index (χ1v) is 5.93. The van der Waals surface area contributed by atoms with Crippen LogP contribution >= 0.6 is 0 Å². The van der Waals surface area contributed by atoms with E-state index in [9.17, 15) is 14.9 Å². The lowest BCUT2D eigenvalue weighted by Crippen LogP contribution is -2.38. The Bertz CT molecular complexity index is 475. The summed E-state index contributed by atoms with van der Waals surface area (Å²) in [7, 11) is 0. The molecule has 1 aliphatic heterocycles. The highest BCUT2D eigenvalue weighted by molar-refractivity contribution is 5.79. The molecule has 1 unspecified atom stereocenters. The van der Waals surface area contributed by atoms with Crippen LogP contribution in [0.3, 0.4) is 0 Å². The third-order valence-electron chi connectivity index (χ3n) is 3.31. The topological polar surface area (TPSA) is 76.3 Å². The molecule has 0 aromatic carbocycles. The summed E-state index contributed by atoms with van der Waals surface area (Å²) >= 11 is 0. The summed E-state index contributed by atoms with van der Waals surface area (Å²) < 4.78 is 0. The first-order valence-electron chi connectivity index (χ1n) is 5.93. The number of hydrogen-bond acceptors (Lipinski definition) is 5. The van der Waals surface area contributed by atoms with Gasteiger partial charge in [-0.25, -0.2) is 0 Å². The molecule has 2 rings (SSSR count). The van der Waals surface area contributed by atoms with Crippen molar-refractivity contribution in [2.75, 3.05) is 18.0 Å². The van der Waals surface area contributed by atoms with Crippen LogP contribution in [0.1, 0.15) is 19.8 Å². The van der Waals surface area contributed by atoms with Crippen molar-refractivity contribution in [1.29, 1.82) is 0 Å². The van der Waals surface area contributed by atoms with Gasteiger partial charge in [0.2, 0.25) is 0 Å². The minimum atomic E-state index is -0.431. The highest BCUT2D eigenvalue weighted by Crippen LogP contribution is 2.30. The predicted octanol–water partition coefficient (Wildman–Crippen LogP) is 1.80. The molecule has 0 aliphatic carbocycles. The molecule has 6 nitrogen and oxygen atoms in total. The van der Waals surface area contributed by atoms with E-state index in [1.807, 2.05) is 4.90 Å². The van der Waals surface area contributed by atoms with Crippen molar-refractivity contribution in [3.63, 3.8) is 0 Å². The summed E-state index contributed by atoms with van der Waals surface area (Å²) in [5.41, 5.74) is 0.558. The number of carbonyl (C=O) groups is 1. The maximum atomic E-state index is 11.4. The Labute approximate surface area is 105 Å². The minimum Gasteiger partial charge on any atom is -0.365 e. The SMILES string of the molecule is CC(=O)C1CCCN(c2ccncc2[N+](=O)[O-])C1. The van der Waals surface area contributed by atoms with Crippen LogP contribution in [0.4, 0.5) is 11.4 Å². The van der Waals surface area contributed by atoms with Gasteiger partial charge in [0.1, 0.15) is 17.7 Å². The zero-order valence-corrected chi connectivity index (χ0v) is 10.2. The number of nitrogens with zero attached hydrogens (tertiary/aromatic N) is 3. The van der Waals surface area contributed by atoms with Crippen LogP contribution < -0.4 is 4.90 Å². The highest BCUT2D eigenvalue weighted by atomic mass is 16.6. The molecule has 0 radical (unpaired) electrons. The molecule has 1 aromatic rings. The Balaban J connectivity index is 2.26. The lowest BCUT2D eigenvalue weighted by atomic mass is 9.94. The number of pyridine rings is 1. The van der Waals surface area contributed by atoms with Gasteiger partial charge in [0, 0.05) is 25.2 Å². The molecular formula is C12H15N3O3. The van der Waals surface area contributed by atoms with Crippen molar-refractivity contribution in [2.24, 2.45) is 5.92 Å². The Morgan fingerprint density at radius 3 is 3.06 bits per heavy atom. The van der Waals surface area contributed by atoms with E-state index in [1.165, 1.54) is 6.20 Å². The molecule has 1 aliphatic rings. The Morgan fingerprint density at radius 1 is 1.61 bits per heavy atom. The quantitative estimate of drug-likeness (QED) is 0.603. The second-order valence-electron chi connectivity index (χ2n) is 4.52. The molecule has 2 heterocycles. The molecule has 1 aromatic heterocycles. The van der Waals surface area contributed by atoms with Crippen LogP contribution in [0, 0.1) is 16.0 Å². The number of hydrogen-bond donors (Lipinski definition) is 0. The number of rotatable bonds is 3. The van der Waals surface area contributed by atoms with Crippen molar-refractivity contribution in [1.82, 2.24) is 4.98 Å². The Morgan fingerprint density at radius 2 is 2.39 bits per heavy atom. The fourth-order valence-corrected chi connectivity index (χ4v) is 2.31. The smallest absolute Gasteiger partial charge is 0.310 e. The normalized spacial score (nSPS) is 19.6. The van der Waals surface area contributed by atoms with Gasteiger partial charge in [0.05, 0.1) is 4.92 Å². The fraction of sp³-hybridized carbons (Fsp3) is 0.500. The monoisotopic (exact) mass is 249 g/mol. The van der Waals surface area contributed by atoms with Gasteiger partial charge in [-0.1, -0.05) is 0 Å². The summed E-state index contributed by atoms with van der Waals surface area (Å²) in [6.45, 7) is 2.88. The molecule has 0 amide bonds. The van der Waals surface area contributed by atoms with E-state index in [0.717, 1.165) is 19.4 Å². The van der Waals surface area contributed by atoms with Crippen LogP contribution in [0.25, 0.3) is 0 Å². The van der Waals surface area contributed by atoms with Gasteiger partial charge in [-0.15, -0.1) is 0 Å². The van der Waals surface area contributed by atoms with E-state index in [-0.39, 0.29) is 17.4 Å². The van der Waals surface area contributed by atoms with Crippen LogP contribution in [0.15, 0.2) is 18.5 Å². The summed E-state index contributed by atoms with van der Waals surface area (Å²) in [6, 6.07) is 1.64. The minimum absolute atomic E-state index is 0.00158. The maximum absolute atomic E-state index is 11.4. The van der Waals surface area contributed by atoms with Crippen LogP contribution in [0.2, 0.25) is 0 Å². The first kappa shape index (κ1) is 12.5. The molecule has 1 atom stereocenters. The second kappa shape index (κ2) is 5.12. The van der Waals surface area contributed by atoms with Gasteiger partial charge >= 0.3 is 5.69 Å². The van der Waals surface area contributed by atoms with Crippen molar-refractivity contribution >= 4 is 17.2 Å². The lowest BCUT2D eigenvalue weighted by Gasteiger charge is -2.32. The maximum Gasteiger partial charge on any atom is 0.310 e. The molecule has 96 valence electrons. The number of nitro groups is 1. The van der Waals surface area contributed by atoms with Crippen LogP contribution in [-0.2, 0) is 4.79 Å². The van der Waals surface area contributed by atoms with Gasteiger partial charge in [-0.2, -0.15) is 0 Å². The van der Waals surface area contributed by atoms with E-state index in [4.69, 9.17) is 0 Å². The molecule has 0 bridgehead atoms. The molecule has 6 heteroatoms. The number of Topliss-reactive ketones (excluding diaryl/α,β-unsaturated/α-hetero) is 1. The summed E-state index contributed by atoms with van der Waals surface area (Å²) in [4.78, 5) is 27.6. The van der Waals surface area contributed by atoms with Gasteiger partial charge in [0.25, 0.3) is 0 Å². The number of piperidine rings is 1. The largest absolute Gasteiger partial charge is 0.365 e. The zero-order chi connectivity index (χ0) is 13.1. The zero-order valence-electron chi connectivity index (χ0n) is 10.2. The van der Waals surface area contributed by atoms with Crippen molar-refractivity contribution in [3.8, 4) is 0 Å². The van der Waals surface area contributed by atoms with E-state index < -0.39 is 4.92 Å². The summed E-state index contributed by atoms with van der Waals surface area (Å²) in [5.74, 6) is 0.128. The molecular weight excluding hydrogens is 234 g/mol. The Hall–Kier alpha value is -1.98. The highest BCUT2D eigenvalue weighted by Gasteiger charge is 2.27. The summed E-state index contributed by atoms with van der Waals surface area (Å²) in [5, 5.41) is 11.0. The average Bonchev–Trinajstić information content (AvgIpc) is 2.39. The lowest BCUT2D eigenvalue weighted by molar-refractivity contribution is -0.384. The van der Waals surface area contributed by atoms with Gasteiger partial charge in [-0.05, 0) is 25.8 Å². The van der Waals surface area contributed by atoms with Crippen molar-refractivity contribution in [2.45, 2.75) is 19.8 Å². The number of aromatic nitrogens is 1. The van der Waals surface area contributed by atoms with Crippen molar-refractivity contribution in [3.05, 3.63) is 28.6 Å². The standard InChI is InChI=1S/C12H15N3O3/c1-9(16)10-3-2-6-14(8-10)11-4-5-13-7-12(11)15(17)18/h4-5,7,10H,2-3,6,8H2,1H3. The van der Waals surface area contributed by atoms with E-state index >= 15 is 0 Å². The van der Waals surface area contributed by atoms with Gasteiger partial charge < -0.3 is 4.90 Å². The molecule has 0 N–H and O–H groups in total. The van der Waals surface area contributed by atoms with E-state index in [1.54, 1.807) is 19.2 Å². The van der Waals surface area contributed by atoms with Gasteiger partial charge in [-0.3, -0.25) is 19.9 Å². The molecule has 0 saturated carbocycles. The van der Waals surface area contributed by atoms with E-state index in [0.29, 0.717) is 12.2 Å². The number of anilines is 1. The fourth-order valence-electron chi connectivity index (χ4n) is 2.31. The van der Waals surface area contributed by atoms with Crippen molar-refractivity contribution < 1.29 is 9.72 Å².